The maximum Gasteiger partial charge on any atom is 0.133 e. The van der Waals surface area contributed by atoms with Gasteiger partial charge in [0, 0.05) is 11.6 Å². The van der Waals surface area contributed by atoms with Crippen LogP contribution in [0, 0.1) is 11.6 Å². The van der Waals surface area contributed by atoms with Crippen molar-refractivity contribution in [2.45, 2.75) is 6.61 Å². The molecule has 0 aliphatic carbocycles. The lowest BCUT2D eigenvalue weighted by Gasteiger charge is -2.10. The smallest absolute Gasteiger partial charge is 0.133 e. The SMILES string of the molecule is C=CCOc1ccc(COc2ccc3cc(F)ccc3c2)c(F)c1. The fourth-order valence-corrected chi connectivity index (χ4v) is 2.34. The van der Waals surface area contributed by atoms with Gasteiger partial charge in [-0.25, -0.2) is 8.78 Å². The second kappa shape index (κ2) is 7.13. The Labute approximate surface area is 138 Å². The Morgan fingerprint density at radius 3 is 2.33 bits per heavy atom. The third-order valence-electron chi connectivity index (χ3n) is 3.56. The van der Waals surface area contributed by atoms with Gasteiger partial charge >= 0.3 is 0 Å². The summed E-state index contributed by atoms with van der Waals surface area (Å²) < 4.78 is 38.1. The Balaban J connectivity index is 1.71. The summed E-state index contributed by atoms with van der Waals surface area (Å²) in [5.41, 5.74) is 0.431. The van der Waals surface area contributed by atoms with Crippen molar-refractivity contribution in [1.82, 2.24) is 0 Å². The van der Waals surface area contributed by atoms with E-state index < -0.39 is 0 Å². The Morgan fingerprint density at radius 1 is 0.833 bits per heavy atom. The van der Waals surface area contributed by atoms with Crippen molar-refractivity contribution in [2.24, 2.45) is 0 Å². The first-order valence-electron chi connectivity index (χ1n) is 7.50. The molecule has 4 heteroatoms. The van der Waals surface area contributed by atoms with Crippen LogP contribution in [0.15, 0.2) is 67.3 Å². The van der Waals surface area contributed by atoms with Crippen LogP contribution < -0.4 is 9.47 Å². The zero-order valence-electron chi connectivity index (χ0n) is 13.0. The van der Waals surface area contributed by atoms with E-state index in [0.717, 1.165) is 10.8 Å². The molecule has 0 amide bonds. The summed E-state index contributed by atoms with van der Waals surface area (Å²) in [7, 11) is 0. The summed E-state index contributed by atoms with van der Waals surface area (Å²) in [4.78, 5) is 0. The van der Waals surface area contributed by atoms with E-state index in [1.54, 1.807) is 42.5 Å². The standard InChI is InChI=1S/C20H16F2O2/c1-2-9-23-19-8-5-16(20(22)12-19)13-24-18-7-4-14-10-17(21)6-3-15(14)11-18/h2-8,10-12H,1,9,13H2. The number of hydrogen-bond donors (Lipinski definition) is 0. The van der Waals surface area contributed by atoms with E-state index in [2.05, 4.69) is 6.58 Å². The van der Waals surface area contributed by atoms with Gasteiger partial charge in [-0.15, -0.1) is 0 Å². The fraction of sp³-hybridized carbons (Fsp3) is 0.100. The Kier molecular flexibility index (Phi) is 4.75. The number of fused-ring (bicyclic) bond motifs is 1. The van der Waals surface area contributed by atoms with Crippen molar-refractivity contribution in [3.63, 3.8) is 0 Å². The number of hydrogen-bond acceptors (Lipinski definition) is 2. The van der Waals surface area contributed by atoms with E-state index in [1.807, 2.05) is 0 Å². The third kappa shape index (κ3) is 3.71. The highest BCUT2D eigenvalue weighted by molar-refractivity contribution is 5.83. The highest BCUT2D eigenvalue weighted by Crippen LogP contribution is 2.23. The molecule has 0 atom stereocenters. The van der Waals surface area contributed by atoms with Gasteiger partial charge in [0.25, 0.3) is 0 Å². The summed E-state index contributed by atoms with van der Waals surface area (Å²) in [6.45, 7) is 3.97. The molecule has 122 valence electrons. The minimum atomic E-state index is -0.389. The average Bonchev–Trinajstić information content (AvgIpc) is 2.59. The predicted octanol–water partition coefficient (Wildman–Crippen LogP) is 5.26. The molecule has 0 aliphatic rings. The van der Waals surface area contributed by atoms with Gasteiger partial charge in [-0.05, 0) is 47.2 Å². The first-order valence-corrected chi connectivity index (χ1v) is 7.50. The lowest BCUT2D eigenvalue weighted by molar-refractivity contribution is 0.299. The predicted molar refractivity (Wildman–Crippen MR) is 90.3 cm³/mol. The quantitative estimate of drug-likeness (QED) is 0.575. The highest BCUT2D eigenvalue weighted by Gasteiger charge is 2.06. The molecular weight excluding hydrogens is 310 g/mol. The minimum absolute atomic E-state index is 0.0975. The van der Waals surface area contributed by atoms with Crippen LogP contribution in [0.5, 0.6) is 11.5 Å². The molecule has 3 aromatic carbocycles. The van der Waals surface area contributed by atoms with Crippen LogP contribution in [-0.4, -0.2) is 6.61 Å². The molecule has 0 bridgehead atoms. The number of rotatable bonds is 6. The van der Waals surface area contributed by atoms with Gasteiger partial charge in [-0.3, -0.25) is 0 Å². The van der Waals surface area contributed by atoms with Crippen molar-refractivity contribution < 1.29 is 18.3 Å². The van der Waals surface area contributed by atoms with Crippen molar-refractivity contribution >= 4 is 10.8 Å². The Morgan fingerprint density at radius 2 is 1.54 bits per heavy atom. The van der Waals surface area contributed by atoms with E-state index in [-0.39, 0.29) is 18.2 Å². The van der Waals surface area contributed by atoms with E-state index in [9.17, 15) is 8.78 Å². The van der Waals surface area contributed by atoms with Crippen LogP contribution in [0.2, 0.25) is 0 Å². The average molecular weight is 326 g/mol. The molecule has 2 nitrogen and oxygen atoms in total. The summed E-state index contributed by atoms with van der Waals surface area (Å²) >= 11 is 0. The number of ether oxygens (including phenoxy) is 2. The van der Waals surface area contributed by atoms with Gasteiger partial charge < -0.3 is 9.47 Å². The van der Waals surface area contributed by atoms with Gasteiger partial charge in [-0.1, -0.05) is 24.8 Å². The molecule has 0 unspecified atom stereocenters. The van der Waals surface area contributed by atoms with E-state index >= 15 is 0 Å². The minimum Gasteiger partial charge on any atom is -0.489 e. The topological polar surface area (TPSA) is 18.5 Å². The monoisotopic (exact) mass is 326 g/mol. The molecule has 0 saturated heterocycles. The largest absolute Gasteiger partial charge is 0.489 e. The Hall–Kier alpha value is -2.88. The summed E-state index contributed by atoms with van der Waals surface area (Å²) in [5.74, 6) is 0.376. The second-order valence-electron chi connectivity index (χ2n) is 5.29. The third-order valence-corrected chi connectivity index (χ3v) is 3.56. The van der Waals surface area contributed by atoms with Gasteiger partial charge in [0.1, 0.15) is 36.3 Å². The molecular formula is C20H16F2O2. The lowest BCUT2D eigenvalue weighted by Crippen LogP contribution is -2.00. The van der Waals surface area contributed by atoms with Crippen molar-refractivity contribution in [3.8, 4) is 11.5 Å². The Bertz CT molecular complexity index is 875. The van der Waals surface area contributed by atoms with Crippen LogP contribution >= 0.6 is 0 Å². The molecule has 0 radical (unpaired) electrons. The van der Waals surface area contributed by atoms with Crippen LogP contribution in [0.1, 0.15) is 5.56 Å². The van der Waals surface area contributed by atoms with Crippen LogP contribution in [0.4, 0.5) is 8.78 Å². The van der Waals surface area contributed by atoms with Gasteiger partial charge in [0.05, 0.1) is 0 Å². The maximum absolute atomic E-state index is 14.1. The molecule has 0 aliphatic heterocycles. The van der Waals surface area contributed by atoms with Crippen molar-refractivity contribution in [3.05, 3.63) is 84.5 Å². The van der Waals surface area contributed by atoms with Crippen LogP contribution in [0.3, 0.4) is 0 Å². The second-order valence-corrected chi connectivity index (χ2v) is 5.29. The van der Waals surface area contributed by atoms with Gasteiger partial charge in [0.15, 0.2) is 0 Å². The number of halogens is 2. The molecule has 0 N–H and O–H groups in total. The summed E-state index contributed by atoms with van der Waals surface area (Å²) in [5, 5.41) is 1.65. The van der Waals surface area contributed by atoms with Crippen molar-refractivity contribution in [1.29, 1.82) is 0 Å². The first kappa shape index (κ1) is 16.0. The zero-order valence-corrected chi connectivity index (χ0v) is 13.0. The van der Waals surface area contributed by atoms with Crippen LogP contribution in [0.25, 0.3) is 10.8 Å². The molecule has 0 fully saturated rings. The van der Waals surface area contributed by atoms with Gasteiger partial charge in [-0.2, -0.15) is 0 Å². The molecule has 0 spiro atoms. The summed E-state index contributed by atoms with van der Waals surface area (Å²) in [6.07, 6.45) is 1.60. The molecule has 0 aromatic heterocycles. The van der Waals surface area contributed by atoms with E-state index in [1.165, 1.54) is 18.2 Å². The van der Waals surface area contributed by atoms with Crippen molar-refractivity contribution in [2.75, 3.05) is 6.61 Å². The molecule has 0 saturated carbocycles. The van der Waals surface area contributed by atoms with Crippen LogP contribution in [-0.2, 0) is 6.61 Å². The fourth-order valence-electron chi connectivity index (χ4n) is 2.34. The normalized spacial score (nSPS) is 10.6. The highest BCUT2D eigenvalue weighted by atomic mass is 19.1. The molecule has 0 heterocycles. The molecule has 24 heavy (non-hydrogen) atoms. The molecule has 3 aromatic rings. The molecule has 3 rings (SSSR count). The lowest BCUT2D eigenvalue weighted by atomic mass is 10.1. The maximum atomic E-state index is 14.1. The van der Waals surface area contributed by atoms with Gasteiger partial charge in [0.2, 0.25) is 0 Å². The van der Waals surface area contributed by atoms with E-state index in [4.69, 9.17) is 9.47 Å². The zero-order chi connectivity index (χ0) is 16.9. The van der Waals surface area contributed by atoms with E-state index in [0.29, 0.717) is 23.7 Å². The summed E-state index contributed by atoms with van der Waals surface area (Å²) in [6, 6.07) is 14.5. The first-order chi connectivity index (χ1) is 11.7. The number of benzene rings is 3.